The van der Waals surface area contributed by atoms with Gasteiger partial charge in [0.05, 0.1) is 14.2 Å². The lowest BCUT2D eigenvalue weighted by atomic mass is 10.00. The van der Waals surface area contributed by atoms with Gasteiger partial charge in [0.25, 0.3) is 0 Å². The van der Waals surface area contributed by atoms with Crippen LogP contribution in [-0.4, -0.2) is 20.0 Å². The molecule has 1 rings (SSSR count). The molecule has 0 fully saturated rings. The molecule has 0 saturated carbocycles. The van der Waals surface area contributed by atoms with Crippen LogP contribution in [0.25, 0.3) is 0 Å². The third-order valence-corrected chi connectivity index (χ3v) is 3.21. The zero-order valence-corrected chi connectivity index (χ0v) is 11.4. The van der Waals surface area contributed by atoms with Gasteiger partial charge < -0.3 is 9.47 Å². The Morgan fingerprint density at radius 2 is 1.81 bits per heavy atom. The first-order valence-electron chi connectivity index (χ1n) is 5.47. The van der Waals surface area contributed by atoms with Gasteiger partial charge in [0, 0.05) is 0 Å². The fourth-order valence-corrected chi connectivity index (χ4v) is 2.04. The van der Waals surface area contributed by atoms with E-state index in [0.717, 1.165) is 41.2 Å². The summed E-state index contributed by atoms with van der Waals surface area (Å²) in [5, 5.41) is 0. The summed E-state index contributed by atoms with van der Waals surface area (Å²) in [7, 11) is 3.43. The standard InChI is InChI=1S/C13H20O2S/c1-9-10(2)13(15-4)11(6-5-7-16)8-12(9)14-3/h8,16H,5-7H2,1-4H3. The van der Waals surface area contributed by atoms with E-state index in [-0.39, 0.29) is 0 Å². The molecule has 0 saturated heterocycles. The Bertz CT molecular complexity index is 361. The molecule has 0 aliphatic heterocycles. The SMILES string of the molecule is COc1cc(CCCS)c(OC)c(C)c1C. The average Bonchev–Trinajstić information content (AvgIpc) is 2.30. The fraction of sp³-hybridized carbons (Fsp3) is 0.538. The molecule has 1 aromatic carbocycles. The number of hydrogen-bond acceptors (Lipinski definition) is 3. The zero-order chi connectivity index (χ0) is 12.1. The van der Waals surface area contributed by atoms with Crippen LogP contribution in [0.3, 0.4) is 0 Å². The number of rotatable bonds is 5. The van der Waals surface area contributed by atoms with Crippen LogP contribution >= 0.6 is 12.6 Å². The van der Waals surface area contributed by atoms with Crippen molar-refractivity contribution >= 4 is 12.6 Å². The van der Waals surface area contributed by atoms with E-state index < -0.39 is 0 Å². The first kappa shape index (κ1) is 13.2. The Morgan fingerprint density at radius 3 is 2.31 bits per heavy atom. The Balaban J connectivity index is 3.18. The molecule has 3 heteroatoms. The molecule has 0 unspecified atom stereocenters. The molecule has 0 heterocycles. The van der Waals surface area contributed by atoms with Crippen LogP contribution < -0.4 is 9.47 Å². The van der Waals surface area contributed by atoms with Crippen LogP contribution in [-0.2, 0) is 6.42 Å². The Kier molecular flexibility index (Phi) is 5.00. The molecule has 0 N–H and O–H groups in total. The largest absolute Gasteiger partial charge is 0.496 e. The first-order valence-corrected chi connectivity index (χ1v) is 6.10. The number of ether oxygens (including phenoxy) is 2. The molecule has 0 bridgehead atoms. The van der Waals surface area contributed by atoms with E-state index in [1.807, 2.05) is 0 Å². The van der Waals surface area contributed by atoms with Gasteiger partial charge in [-0.15, -0.1) is 0 Å². The second-order valence-electron chi connectivity index (χ2n) is 3.85. The minimum Gasteiger partial charge on any atom is -0.496 e. The lowest BCUT2D eigenvalue weighted by Crippen LogP contribution is -2.00. The molecule has 90 valence electrons. The monoisotopic (exact) mass is 240 g/mol. The van der Waals surface area contributed by atoms with Gasteiger partial charge in [0.15, 0.2) is 0 Å². The van der Waals surface area contributed by atoms with Crippen molar-refractivity contribution in [3.05, 3.63) is 22.8 Å². The van der Waals surface area contributed by atoms with Crippen LogP contribution in [0.1, 0.15) is 23.1 Å². The lowest BCUT2D eigenvalue weighted by Gasteiger charge is -2.16. The Morgan fingerprint density at radius 1 is 1.12 bits per heavy atom. The molecule has 0 aliphatic rings. The summed E-state index contributed by atoms with van der Waals surface area (Å²) in [5.41, 5.74) is 3.52. The zero-order valence-electron chi connectivity index (χ0n) is 10.5. The molecular weight excluding hydrogens is 220 g/mol. The fourth-order valence-electron chi connectivity index (χ4n) is 1.88. The molecule has 2 nitrogen and oxygen atoms in total. The maximum atomic E-state index is 5.47. The number of aryl methyl sites for hydroxylation is 1. The van der Waals surface area contributed by atoms with Gasteiger partial charge >= 0.3 is 0 Å². The van der Waals surface area contributed by atoms with E-state index >= 15 is 0 Å². The normalized spacial score (nSPS) is 10.3. The van der Waals surface area contributed by atoms with Gasteiger partial charge in [-0.05, 0) is 55.2 Å². The Labute approximate surface area is 103 Å². The van der Waals surface area contributed by atoms with Gasteiger partial charge in [-0.25, -0.2) is 0 Å². The predicted octanol–water partition coefficient (Wildman–Crippen LogP) is 3.18. The smallest absolute Gasteiger partial charge is 0.125 e. The number of hydrogen-bond donors (Lipinski definition) is 1. The minimum absolute atomic E-state index is 0.887. The van der Waals surface area contributed by atoms with E-state index in [9.17, 15) is 0 Å². The summed E-state index contributed by atoms with van der Waals surface area (Å²) in [6.45, 7) is 4.12. The van der Waals surface area contributed by atoms with E-state index in [1.54, 1.807) is 14.2 Å². The van der Waals surface area contributed by atoms with E-state index in [2.05, 4.69) is 32.5 Å². The highest BCUT2D eigenvalue weighted by molar-refractivity contribution is 7.80. The number of thiol groups is 1. The average molecular weight is 240 g/mol. The van der Waals surface area contributed by atoms with Gasteiger partial charge in [-0.2, -0.15) is 12.6 Å². The van der Waals surface area contributed by atoms with E-state index in [1.165, 1.54) is 5.56 Å². The van der Waals surface area contributed by atoms with Crippen LogP contribution in [0.15, 0.2) is 6.07 Å². The van der Waals surface area contributed by atoms with Gasteiger partial charge in [0.2, 0.25) is 0 Å². The molecule has 0 aliphatic carbocycles. The van der Waals surface area contributed by atoms with Crippen LogP contribution in [0.5, 0.6) is 11.5 Å². The molecule has 1 aromatic rings. The van der Waals surface area contributed by atoms with Crippen molar-refractivity contribution in [2.75, 3.05) is 20.0 Å². The van der Waals surface area contributed by atoms with Crippen LogP contribution in [0.2, 0.25) is 0 Å². The molecule has 0 aromatic heterocycles. The van der Waals surface area contributed by atoms with E-state index in [4.69, 9.17) is 9.47 Å². The molecular formula is C13H20O2S. The summed E-state index contributed by atoms with van der Waals surface area (Å²) in [5.74, 6) is 2.81. The first-order chi connectivity index (χ1) is 7.65. The van der Waals surface area contributed by atoms with Crippen molar-refractivity contribution in [3.8, 4) is 11.5 Å². The lowest BCUT2D eigenvalue weighted by molar-refractivity contribution is 0.393. The predicted molar refractivity (Wildman–Crippen MR) is 71.2 cm³/mol. The molecule has 0 spiro atoms. The maximum absolute atomic E-state index is 5.47. The van der Waals surface area contributed by atoms with Crippen molar-refractivity contribution in [2.45, 2.75) is 26.7 Å². The summed E-state index contributed by atoms with van der Waals surface area (Å²) in [4.78, 5) is 0. The topological polar surface area (TPSA) is 18.5 Å². The number of methoxy groups -OCH3 is 2. The van der Waals surface area contributed by atoms with Crippen molar-refractivity contribution < 1.29 is 9.47 Å². The molecule has 0 amide bonds. The molecule has 0 atom stereocenters. The summed E-state index contributed by atoms with van der Waals surface area (Å²) < 4.78 is 10.8. The summed E-state index contributed by atoms with van der Waals surface area (Å²) in [6.07, 6.45) is 2.02. The molecule has 0 radical (unpaired) electrons. The number of benzene rings is 1. The second kappa shape index (κ2) is 6.04. The second-order valence-corrected chi connectivity index (χ2v) is 4.30. The quantitative estimate of drug-likeness (QED) is 0.797. The molecule has 16 heavy (non-hydrogen) atoms. The summed E-state index contributed by atoms with van der Waals surface area (Å²) in [6, 6.07) is 2.07. The van der Waals surface area contributed by atoms with E-state index in [0.29, 0.717) is 0 Å². The highest BCUT2D eigenvalue weighted by atomic mass is 32.1. The Hall–Kier alpha value is -0.830. The highest BCUT2D eigenvalue weighted by Gasteiger charge is 2.13. The minimum atomic E-state index is 0.887. The maximum Gasteiger partial charge on any atom is 0.125 e. The van der Waals surface area contributed by atoms with Gasteiger partial charge in [0.1, 0.15) is 11.5 Å². The van der Waals surface area contributed by atoms with Crippen molar-refractivity contribution in [1.82, 2.24) is 0 Å². The van der Waals surface area contributed by atoms with Gasteiger partial charge in [-0.1, -0.05) is 0 Å². The van der Waals surface area contributed by atoms with Crippen LogP contribution in [0.4, 0.5) is 0 Å². The van der Waals surface area contributed by atoms with Gasteiger partial charge in [-0.3, -0.25) is 0 Å². The third kappa shape index (κ3) is 2.64. The van der Waals surface area contributed by atoms with Crippen molar-refractivity contribution in [2.24, 2.45) is 0 Å². The van der Waals surface area contributed by atoms with Crippen molar-refractivity contribution in [1.29, 1.82) is 0 Å². The third-order valence-electron chi connectivity index (χ3n) is 2.90. The van der Waals surface area contributed by atoms with Crippen LogP contribution in [0, 0.1) is 13.8 Å². The van der Waals surface area contributed by atoms with Crippen molar-refractivity contribution in [3.63, 3.8) is 0 Å². The summed E-state index contributed by atoms with van der Waals surface area (Å²) >= 11 is 4.24. The highest BCUT2D eigenvalue weighted by Crippen LogP contribution is 2.33.